The number of nitrogens with two attached hydrogens (primary N) is 1. The first-order chi connectivity index (χ1) is 6.06. The molecule has 0 bridgehead atoms. The second-order valence-electron chi connectivity index (χ2n) is 2.59. The normalized spacial score (nSPS) is 12.5. The Morgan fingerprint density at radius 3 is 2.23 bits per heavy atom. The van der Waals surface area contributed by atoms with Crippen LogP contribution in [0.3, 0.4) is 0 Å². The molecule has 1 atom stereocenters. The maximum absolute atomic E-state index is 9.25. The molecule has 3 N–H and O–H groups in total. The molecule has 0 aromatic heterocycles. The number of phenolic OH excluding ortho intramolecular Hbond substituents is 1. The van der Waals surface area contributed by atoms with Crippen molar-refractivity contribution in [3.63, 3.8) is 0 Å². The van der Waals surface area contributed by atoms with Gasteiger partial charge in [0, 0.05) is 6.04 Å². The summed E-state index contributed by atoms with van der Waals surface area (Å²) in [5.74, 6) is -0.122. The van der Waals surface area contributed by atoms with E-state index in [-0.39, 0.29) is 21.8 Å². The smallest absolute Gasteiger partial charge is 0.152 e. The van der Waals surface area contributed by atoms with Crippen LogP contribution in [0.4, 0.5) is 0 Å². The number of benzene rings is 1. The molecule has 4 heteroatoms. The molecule has 0 saturated carbocycles. The van der Waals surface area contributed by atoms with Gasteiger partial charge in [0.1, 0.15) is 0 Å². The van der Waals surface area contributed by atoms with Gasteiger partial charge in [0.2, 0.25) is 0 Å². The molecule has 1 aromatic rings. The topological polar surface area (TPSA) is 46.2 Å². The molecule has 2 nitrogen and oxygen atoms in total. The zero-order chi connectivity index (χ0) is 10.0. The Balaban J connectivity index is 3.20. The van der Waals surface area contributed by atoms with E-state index in [1.807, 2.05) is 0 Å². The molecule has 0 spiro atoms. The second-order valence-corrected chi connectivity index (χ2v) is 3.41. The van der Waals surface area contributed by atoms with Gasteiger partial charge < -0.3 is 10.8 Å². The van der Waals surface area contributed by atoms with Gasteiger partial charge in [0.15, 0.2) is 5.75 Å². The van der Waals surface area contributed by atoms with Crippen LogP contribution >= 0.6 is 23.2 Å². The maximum Gasteiger partial charge on any atom is 0.152 e. The lowest BCUT2D eigenvalue weighted by atomic mass is 10.1. The molecule has 70 valence electrons. The first-order valence-corrected chi connectivity index (χ1v) is 4.38. The molecule has 0 unspecified atom stereocenters. The monoisotopic (exact) mass is 217 g/mol. The lowest BCUT2D eigenvalue weighted by molar-refractivity contribution is 0.475. The van der Waals surface area contributed by atoms with E-state index >= 15 is 0 Å². The maximum atomic E-state index is 9.25. The van der Waals surface area contributed by atoms with E-state index in [0.29, 0.717) is 0 Å². The van der Waals surface area contributed by atoms with Crippen LogP contribution in [0.25, 0.3) is 0 Å². The van der Waals surface area contributed by atoms with Crippen LogP contribution in [0.2, 0.25) is 10.0 Å². The largest absolute Gasteiger partial charge is 0.505 e. The molecule has 13 heavy (non-hydrogen) atoms. The number of hydrogen-bond acceptors (Lipinski definition) is 2. The minimum Gasteiger partial charge on any atom is -0.505 e. The van der Waals surface area contributed by atoms with E-state index in [0.717, 1.165) is 5.56 Å². The van der Waals surface area contributed by atoms with Gasteiger partial charge in [-0.05, 0) is 17.7 Å². The van der Waals surface area contributed by atoms with Crippen molar-refractivity contribution in [3.05, 3.63) is 40.4 Å². The lowest BCUT2D eigenvalue weighted by Gasteiger charge is -2.08. The first kappa shape index (κ1) is 10.4. The standard InChI is InChI=1S/C9H9Cl2NO/c1-2-8(12)5-3-6(10)9(13)7(11)4-5/h2-4,8,13H,1,12H2/t8-/m1/s1. The number of hydrogen-bond donors (Lipinski definition) is 2. The van der Waals surface area contributed by atoms with Gasteiger partial charge in [0.05, 0.1) is 10.0 Å². The summed E-state index contributed by atoms with van der Waals surface area (Å²) in [6.45, 7) is 3.55. The quantitative estimate of drug-likeness (QED) is 0.749. The average Bonchev–Trinajstić information content (AvgIpc) is 2.12. The summed E-state index contributed by atoms with van der Waals surface area (Å²) >= 11 is 11.4. The Hall–Kier alpha value is -0.700. The number of halogens is 2. The van der Waals surface area contributed by atoms with Crippen molar-refractivity contribution in [2.75, 3.05) is 0 Å². The summed E-state index contributed by atoms with van der Waals surface area (Å²) in [5.41, 5.74) is 6.39. The van der Waals surface area contributed by atoms with Crippen LogP contribution < -0.4 is 5.73 Å². The van der Waals surface area contributed by atoms with Crippen LogP contribution in [0, 0.1) is 0 Å². The summed E-state index contributed by atoms with van der Waals surface area (Å²) in [6, 6.07) is 2.81. The summed E-state index contributed by atoms with van der Waals surface area (Å²) in [4.78, 5) is 0. The SMILES string of the molecule is C=C[C@@H](N)c1cc(Cl)c(O)c(Cl)c1. The van der Waals surface area contributed by atoms with E-state index < -0.39 is 0 Å². The van der Waals surface area contributed by atoms with Gasteiger partial charge in [-0.2, -0.15) is 0 Å². The van der Waals surface area contributed by atoms with Gasteiger partial charge in [-0.15, -0.1) is 6.58 Å². The van der Waals surface area contributed by atoms with Gasteiger partial charge in [-0.3, -0.25) is 0 Å². The zero-order valence-corrected chi connectivity index (χ0v) is 8.31. The summed E-state index contributed by atoms with van der Waals surface area (Å²) < 4.78 is 0. The Morgan fingerprint density at radius 2 is 1.85 bits per heavy atom. The third kappa shape index (κ3) is 2.15. The molecule has 1 rings (SSSR count). The van der Waals surface area contributed by atoms with Crippen LogP contribution in [-0.2, 0) is 0 Å². The van der Waals surface area contributed by atoms with E-state index in [4.69, 9.17) is 28.9 Å². The van der Waals surface area contributed by atoms with Gasteiger partial charge in [0.25, 0.3) is 0 Å². The summed E-state index contributed by atoms with van der Waals surface area (Å²) in [7, 11) is 0. The van der Waals surface area contributed by atoms with Gasteiger partial charge in [-0.25, -0.2) is 0 Å². The molecule has 0 aliphatic carbocycles. The molecule has 0 amide bonds. The fourth-order valence-electron chi connectivity index (χ4n) is 0.914. The van der Waals surface area contributed by atoms with Crippen molar-refractivity contribution < 1.29 is 5.11 Å². The fourth-order valence-corrected chi connectivity index (χ4v) is 1.42. The molecule has 1 aromatic carbocycles. The van der Waals surface area contributed by atoms with Crippen molar-refractivity contribution in [1.82, 2.24) is 0 Å². The molecule has 0 heterocycles. The minimum atomic E-state index is -0.324. The second kappa shape index (κ2) is 4.01. The fraction of sp³-hybridized carbons (Fsp3) is 0.111. The third-order valence-electron chi connectivity index (χ3n) is 1.68. The third-order valence-corrected chi connectivity index (χ3v) is 2.25. The Labute approximate surface area is 86.6 Å². The highest BCUT2D eigenvalue weighted by Gasteiger charge is 2.09. The molecule has 0 aliphatic rings. The number of phenols is 1. The number of rotatable bonds is 2. The van der Waals surface area contributed by atoms with Crippen LogP contribution in [0.1, 0.15) is 11.6 Å². The van der Waals surface area contributed by atoms with E-state index in [1.54, 1.807) is 18.2 Å². The molecule has 0 fully saturated rings. The van der Waals surface area contributed by atoms with E-state index in [2.05, 4.69) is 6.58 Å². The molecule has 0 aliphatic heterocycles. The molecule has 0 saturated heterocycles. The van der Waals surface area contributed by atoms with E-state index in [9.17, 15) is 5.11 Å². The molecular formula is C9H9Cl2NO. The highest BCUT2D eigenvalue weighted by atomic mass is 35.5. The first-order valence-electron chi connectivity index (χ1n) is 3.62. The minimum absolute atomic E-state index is 0.122. The Kier molecular flexibility index (Phi) is 3.20. The molecular weight excluding hydrogens is 209 g/mol. The highest BCUT2D eigenvalue weighted by molar-refractivity contribution is 6.37. The van der Waals surface area contributed by atoms with E-state index in [1.165, 1.54) is 0 Å². The lowest BCUT2D eigenvalue weighted by Crippen LogP contribution is -2.06. The van der Waals surface area contributed by atoms with Crippen LogP contribution in [-0.4, -0.2) is 5.11 Å². The van der Waals surface area contributed by atoms with Crippen molar-refractivity contribution in [2.45, 2.75) is 6.04 Å². The van der Waals surface area contributed by atoms with Crippen LogP contribution in [0.5, 0.6) is 5.75 Å². The van der Waals surface area contributed by atoms with Crippen LogP contribution in [0.15, 0.2) is 24.8 Å². The highest BCUT2D eigenvalue weighted by Crippen LogP contribution is 2.34. The summed E-state index contributed by atoms with van der Waals surface area (Å²) in [5, 5.41) is 9.64. The predicted octanol–water partition coefficient (Wildman–Crippen LogP) is 2.88. The number of aromatic hydroxyl groups is 1. The van der Waals surface area contributed by atoms with Gasteiger partial charge in [-0.1, -0.05) is 29.3 Å². The molecule has 0 radical (unpaired) electrons. The Morgan fingerprint density at radius 1 is 1.38 bits per heavy atom. The zero-order valence-electron chi connectivity index (χ0n) is 6.80. The van der Waals surface area contributed by atoms with Crippen molar-refractivity contribution in [3.8, 4) is 5.75 Å². The van der Waals surface area contributed by atoms with Crippen molar-refractivity contribution in [1.29, 1.82) is 0 Å². The van der Waals surface area contributed by atoms with Crippen molar-refractivity contribution in [2.24, 2.45) is 5.73 Å². The van der Waals surface area contributed by atoms with Gasteiger partial charge >= 0.3 is 0 Å². The Bertz CT molecular complexity index is 315. The predicted molar refractivity (Wildman–Crippen MR) is 55.3 cm³/mol. The summed E-state index contributed by atoms with van der Waals surface area (Å²) in [6.07, 6.45) is 1.57. The van der Waals surface area contributed by atoms with Crippen molar-refractivity contribution >= 4 is 23.2 Å². The average molecular weight is 218 g/mol.